The molecule has 0 radical (unpaired) electrons. The first-order chi connectivity index (χ1) is 16.2. The molecule has 2 atom stereocenters. The number of benzene rings is 3. The minimum absolute atomic E-state index is 0.0919. The number of carbonyl (C=O) groups is 1. The van der Waals surface area contributed by atoms with Crippen LogP contribution in [-0.4, -0.2) is 26.2 Å². The van der Waals surface area contributed by atoms with Gasteiger partial charge in [0.25, 0.3) is 0 Å². The molecule has 0 saturated carbocycles. The lowest BCUT2D eigenvalue weighted by atomic mass is 9.82. The van der Waals surface area contributed by atoms with Crippen molar-refractivity contribution in [1.82, 2.24) is 5.32 Å². The topological polar surface area (TPSA) is 56.8 Å². The van der Waals surface area contributed by atoms with Gasteiger partial charge in [0.1, 0.15) is 12.4 Å². The largest absolute Gasteiger partial charge is 0.493 e. The van der Waals surface area contributed by atoms with Crippen LogP contribution in [0.4, 0.5) is 0 Å². The minimum Gasteiger partial charge on any atom is -0.493 e. The highest BCUT2D eigenvalue weighted by Crippen LogP contribution is 2.35. The fourth-order valence-corrected chi connectivity index (χ4v) is 4.34. The Morgan fingerprint density at radius 2 is 1.73 bits per heavy atom. The molecule has 172 valence electrons. The van der Waals surface area contributed by atoms with E-state index in [0.717, 1.165) is 40.4 Å². The first-order valence-electron chi connectivity index (χ1n) is 11.5. The molecule has 5 heteroatoms. The van der Waals surface area contributed by atoms with Crippen molar-refractivity contribution in [3.63, 3.8) is 0 Å². The number of carbonyl (C=O) groups excluding carboxylic acids is 1. The molecule has 1 heterocycles. The summed E-state index contributed by atoms with van der Waals surface area (Å²) in [6.45, 7) is 3.69. The molecule has 1 fully saturated rings. The molecule has 0 aliphatic carbocycles. The summed E-state index contributed by atoms with van der Waals surface area (Å²) in [5.41, 5.74) is 3.39. The van der Waals surface area contributed by atoms with Crippen molar-refractivity contribution in [3.8, 4) is 17.2 Å². The van der Waals surface area contributed by atoms with Gasteiger partial charge in [0.2, 0.25) is 5.91 Å². The van der Waals surface area contributed by atoms with Gasteiger partial charge in [-0.05, 0) is 60.7 Å². The second kappa shape index (κ2) is 10.9. The second-order valence-corrected chi connectivity index (χ2v) is 8.34. The van der Waals surface area contributed by atoms with Gasteiger partial charge in [-0.3, -0.25) is 4.79 Å². The Hall–Kier alpha value is -3.47. The summed E-state index contributed by atoms with van der Waals surface area (Å²) in [5, 5.41) is 3.10. The minimum atomic E-state index is -0.0919. The van der Waals surface area contributed by atoms with Gasteiger partial charge in [-0.2, -0.15) is 0 Å². The molecule has 5 nitrogen and oxygen atoms in total. The average Bonchev–Trinajstić information content (AvgIpc) is 2.85. The predicted molar refractivity (Wildman–Crippen MR) is 129 cm³/mol. The van der Waals surface area contributed by atoms with Crippen molar-refractivity contribution in [2.45, 2.75) is 32.3 Å². The SMILES string of the molecule is CCOc1cc([C@H]2CNC(=O)[C@H](Cc3cccc(OCc4ccccc4)c3)C2)ccc1OC. The van der Waals surface area contributed by atoms with E-state index in [1.165, 1.54) is 0 Å². The van der Waals surface area contributed by atoms with Gasteiger partial charge in [0.05, 0.1) is 13.7 Å². The summed E-state index contributed by atoms with van der Waals surface area (Å²) in [6, 6.07) is 24.2. The predicted octanol–water partition coefficient (Wildman–Crippen LogP) is 5.14. The molecule has 0 aromatic heterocycles. The van der Waals surface area contributed by atoms with Crippen LogP contribution >= 0.6 is 0 Å². The fourth-order valence-electron chi connectivity index (χ4n) is 4.34. The molecular weight excluding hydrogens is 414 g/mol. The first-order valence-corrected chi connectivity index (χ1v) is 11.5. The van der Waals surface area contributed by atoms with Gasteiger partial charge >= 0.3 is 0 Å². The van der Waals surface area contributed by atoms with Crippen molar-refractivity contribution in [2.24, 2.45) is 5.92 Å². The maximum absolute atomic E-state index is 12.7. The maximum Gasteiger partial charge on any atom is 0.223 e. The Kier molecular flexibility index (Phi) is 7.51. The molecule has 1 saturated heterocycles. The van der Waals surface area contributed by atoms with E-state index < -0.39 is 0 Å². The summed E-state index contributed by atoms with van der Waals surface area (Å²) >= 11 is 0. The lowest BCUT2D eigenvalue weighted by Crippen LogP contribution is -2.41. The van der Waals surface area contributed by atoms with Crippen molar-refractivity contribution >= 4 is 5.91 Å². The maximum atomic E-state index is 12.7. The molecule has 0 unspecified atom stereocenters. The molecule has 4 rings (SSSR count). The lowest BCUT2D eigenvalue weighted by molar-refractivity contribution is -0.126. The Morgan fingerprint density at radius 1 is 0.909 bits per heavy atom. The Morgan fingerprint density at radius 3 is 2.52 bits per heavy atom. The number of piperidine rings is 1. The van der Waals surface area contributed by atoms with Crippen LogP contribution in [0, 0.1) is 5.92 Å². The molecule has 0 spiro atoms. The third-order valence-corrected chi connectivity index (χ3v) is 6.05. The van der Waals surface area contributed by atoms with E-state index in [1.54, 1.807) is 7.11 Å². The summed E-state index contributed by atoms with van der Waals surface area (Å²) in [4.78, 5) is 12.7. The van der Waals surface area contributed by atoms with Crippen molar-refractivity contribution in [2.75, 3.05) is 20.3 Å². The van der Waals surface area contributed by atoms with Gasteiger partial charge in [-0.1, -0.05) is 48.5 Å². The van der Waals surface area contributed by atoms with Gasteiger partial charge in [0, 0.05) is 18.4 Å². The van der Waals surface area contributed by atoms with Crippen molar-refractivity contribution in [1.29, 1.82) is 0 Å². The standard InChI is InChI=1S/C28H31NO4/c1-3-32-27-17-22(12-13-26(27)31-2)24-16-23(28(30)29-18-24)14-21-10-7-11-25(15-21)33-19-20-8-5-4-6-9-20/h4-13,15,17,23-24H,3,14,16,18-19H2,1-2H3,(H,29,30)/t23-,24-/m1/s1. The van der Waals surface area contributed by atoms with Crippen LogP contribution in [0.2, 0.25) is 0 Å². The number of hydrogen-bond donors (Lipinski definition) is 1. The van der Waals surface area contributed by atoms with Crippen LogP contribution in [-0.2, 0) is 17.8 Å². The zero-order chi connectivity index (χ0) is 23.0. The molecule has 3 aromatic carbocycles. The van der Waals surface area contributed by atoms with Crippen molar-refractivity contribution < 1.29 is 19.0 Å². The van der Waals surface area contributed by atoms with Gasteiger partial charge in [-0.25, -0.2) is 0 Å². The molecule has 1 N–H and O–H groups in total. The van der Waals surface area contributed by atoms with Crippen LogP contribution in [0.15, 0.2) is 72.8 Å². The Balaban J connectivity index is 1.43. The van der Waals surface area contributed by atoms with Crippen LogP contribution < -0.4 is 19.5 Å². The van der Waals surface area contributed by atoms with Crippen LogP contribution in [0.3, 0.4) is 0 Å². The summed E-state index contributed by atoms with van der Waals surface area (Å²) in [5.74, 6) is 2.54. The molecular formula is C28H31NO4. The number of rotatable bonds is 9. The van der Waals surface area contributed by atoms with Crippen LogP contribution in [0.5, 0.6) is 17.2 Å². The smallest absolute Gasteiger partial charge is 0.223 e. The zero-order valence-corrected chi connectivity index (χ0v) is 19.3. The van der Waals surface area contributed by atoms with Crippen LogP contribution in [0.25, 0.3) is 0 Å². The van der Waals surface area contributed by atoms with Gasteiger partial charge in [0.15, 0.2) is 11.5 Å². The average molecular weight is 446 g/mol. The number of nitrogens with one attached hydrogen (secondary N) is 1. The van der Waals surface area contributed by atoms with E-state index in [0.29, 0.717) is 26.2 Å². The fraction of sp³-hybridized carbons (Fsp3) is 0.321. The normalized spacial score (nSPS) is 17.8. The summed E-state index contributed by atoms with van der Waals surface area (Å²) in [7, 11) is 1.64. The van der Waals surface area contributed by atoms with E-state index in [9.17, 15) is 4.79 Å². The van der Waals surface area contributed by atoms with E-state index in [2.05, 4.69) is 17.4 Å². The highest BCUT2D eigenvalue weighted by molar-refractivity contribution is 5.80. The Labute approximate surface area is 195 Å². The number of hydrogen-bond acceptors (Lipinski definition) is 4. The summed E-state index contributed by atoms with van der Waals surface area (Å²) < 4.78 is 17.1. The number of methoxy groups -OCH3 is 1. The Bertz CT molecular complexity index is 1070. The second-order valence-electron chi connectivity index (χ2n) is 8.34. The van der Waals surface area contributed by atoms with Gasteiger partial charge in [-0.15, -0.1) is 0 Å². The monoisotopic (exact) mass is 445 g/mol. The molecule has 3 aromatic rings. The quantitative estimate of drug-likeness (QED) is 0.496. The molecule has 0 bridgehead atoms. The molecule has 33 heavy (non-hydrogen) atoms. The molecule has 1 aliphatic heterocycles. The van der Waals surface area contributed by atoms with E-state index >= 15 is 0 Å². The third kappa shape index (κ3) is 5.86. The highest BCUT2D eigenvalue weighted by Gasteiger charge is 2.30. The number of ether oxygens (including phenoxy) is 3. The van der Waals surface area contributed by atoms with Gasteiger partial charge < -0.3 is 19.5 Å². The van der Waals surface area contributed by atoms with Crippen molar-refractivity contribution in [3.05, 3.63) is 89.5 Å². The molecule has 1 aliphatic rings. The zero-order valence-electron chi connectivity index (χ0n) is 19.3. The summed E-state index contributed by atoms with van der Waals surface area (Å²) in [6.07, 6.45) is 1.47. The van der Waals surface area contributed by atoms with E-state index in [4.69, 9.17) is 14.2 Å². The highest BCUT2D eigenvalue weighted by atomic mass is 16.5. The first kappa shape index (κ1) is 22.7. The van der Waals surface area contributed by atoms with E-state index in [1.807, 2.05) is 67.6 Å². The molecule has 1 amide bonds. The van der Waals surface area contributed by atoms with E-state index in [-0.39, 0.29) is 17.7 Å². The van der Waals surface area contributed by atoms with Crippen LogP contribution in [0.1, 0.15) is 36.0 Å². The third-order valence-electron chi connectivity index (χ3n) is 6.05. The number of amides is 1. The lowest BCUT2D eigenvalue weighted by Gasteiger charge is -2.30.